The first-order chi connectivity index (χ1) is 7.31. The molecule has 0 N–H and O–H groups in total. The molecular weight excluding hydrogens is 188 g/mol. The highest BCUT2D eigenvalue weighted by molar-refractivity contribution is 5.49. The van der Waals surface area contributed by atoms with Crippen molar-refractivity contribution in [3.05, 3.63) is 29.8 Å². The van der Waals surface area contributed by atoms with Crippen LogP contribution in [0.3, 0.4) is 0 Å². The van der Waals surface area contributed by atoms with E-state index in [4.69, 9.17) is 4.74 Å². The van der Waals surface area contributed by atoms with Gasteiger partial charge in [0.25, 0.3) is 0 Å². The Labute approximate surface area is 91.3 Å². The van der Waals surface area contributed by atoms with Gasteiger partial charge in [-0.1, -0.05) is 19.1 Å². The first-order valence-corrected chi connectivity index (χ1v) is 5.39. The predicted molar refractivity (Wildman–Crippen MR) is 61.3 cm³/mol. The van der Waals surface area contributed by atoms with E-state index in [-0.39, 0.29) is 0 Å². The molecule has 0 heterocycles. The summed E-state index contributed by atoms with van der Waals surface area (Å²) in [5.41, 5.74) is 1.26. The van der Waals surface area contributed by atoms with E-state index < -0.39 is 0 Å². The van der Waals surface area contributed by atoms with Gasteiger partial charge in [0.2, 0.25) is 0 Å². The van der Waals surface area contributed by atoms with Crippen LogP contribution < -0.4 is 4.74 Å². The summed E-state index contributed by atoms with van der Waals surface area (Å²) in [6, 6.07) is 8.09. The SMILES string of the molecule is CC[C@H](CCC=O)c1cccc(OC)c1. The van der Waals surface area contributed by atoms with Crippen LogP contribution in [0.1, 0.15) is 37.7 Å². The van der Waals surface area contributed by atoms with Crippen molar-refractivity contribution in [2.24, 2.45) is 0 Å². The van der Waals surface area contributed by atoms with E-state index in [1.165, 1.54) is 5.56 Å². The number of ether oxygens (including phenoxy) is 1. The number of hydrogen-bond donors (Lipinski definition) is 0. The van der Waals surface area contributed by atoms with Gasteiger partial charge < -0.3 is 9.53 Å². The van der Waals surface area contributed by atoms with Crippen LogP contribution in [0.2, 0.25) is 0 Å². The lowest BCUT2D eigenvalue weighted by atomic mass is 9.92. The highest BCUT2D eigenvalue weighted by Crippen LogP contribution is 2.26. The predicted octanol–water partition coefficient (Wildman–Crippen LogP) is 3.17. The molecule has 1 atom stereocenters. The van der Waals surface area contributed by atoms with Crippen molar-refractivity contribution in [1.82, 2.24) is 0 Å². The molecule has 0 aliphatic rings. The minimum Gasteiger partial charge on any atom is -0.497 e. The zero-order valence-electron chi connectivity index (χ0n) is 9.40. The van der Waals surface area contributed by atoms with Crippen molar-refractivity contribution in [2.45, 2.75) is 32.1 Å². The lowest BCUT2D eigenvalue weighted by molar-refractivity contribution is -0.108. The van der Waals surface area contributed by atoms with Crippen LogP contribution >= 0.6 is 0 Å². The quantitative estimate of drug-likeness (QED) is 0.668. The molecule has 1 rings (SSSR count). The monoisotopic (exact) mass is 206 g/mol. The Morgan fingerprint density at radius 1 is 1.47 bits per heavy atom. The first-order valence-electron chi connectivity index (χ1n) is 5.39. The maximum Gasteiger partial charge on any atom is 0.120 e. The van der Waals surface area contributed by atoms with E-state index in [9.17, 15) is 4.79 Å². The maximum absolute atomic E-state index is 10.4. The molecule has 0 fully saturated rings. The van der Waals surface area contributed by atoms with Crippen LogP contribution in [0.4, 0.5) is 0 Å². The van der Waals surface area contributed by atoms with Crippen LogP contribution in [-0.2, 0) is 4.79 Å². The van der Waals surface area contributed by atoms with Crippen LogP contribution in [0.15, 0.2) is 24.3 Å². The standard InChI is InChI=1S/C13H18O2/c1-3-11(7-5-9-14)12-6-4-8-13(10-12)15-2/h4,6,8-11H,3,5,7H2,1-2H3/t11-/m1/s1. The smallest absolute Gasteiger partial charge is 0.120 e. The number of hydrogen-bond acceptors (Lipinski definition) is 2. The van der Waals surface area contributed by atoms with Gasteiger partial charge in [0.05, 0.1) is 7.11 Å². The Morgan fingerprint density at radius 2 is 2.27 bits per heavy atom. The summed E-state index contributed by atoms with van der Waals surface area (Å²) in [6.07, 6.45) is 3.60. The molecule has 0 bridgehead atoms. The van der Waals surface area contributed by atoms with Gasteiger partial charge in [0.1, 0.15) is 12.0 Å². The van der Waals surface area contributed by atoms with Crippen molar-refractivity contribution in [3.63, 3.8) is 0 Å². The molecule has 2 nitrogen and oxygen atoms in total. The number of carbonyl (C=O) groups is 1. The molecule has 0 spiro atoms. The van der Waals surface area contributed by atoms with E-state index in [0.717, 1.165) is 24.9 Å². The van der Waals surface area contributed by atoms with Crippen molar-refractivity contribution >= 4 is 6.29 Å². The van der Waals surface area contributed by atoms with Crippen molar-refractivity contribution in [3.8, 4) is 5.75 Å². The van der Waals surface area contributed by atoms with Gasteiger partial charge >= 0.3 is 0 Å². The summed E-state index contributed by atoms with van der Waals surface area (Å²) in [5, 5.41) is 0. The topological polar surface area (TPSA) is 26.3 Å². The average molecular weight is 206 g/mol. The number of aldehydes is 1. The lowest BCUT2D eigenvalue weighted by Crippen LogP contribution is -1.98. The first kappa shape index (κ1) is 11.8. The molecule has 0 saturated carbocycles. The summed E-state index contributed by atoms with van der Waals surface area (Å²) in [6.45, 7) is 2.15. The Bertz CT molecular complexity index is 307. The number of carbonyl (C=O) groups excluding carboxylic acids is 1. The minimum absolute atomic E-state index is 0.463. The fraction of sp³-hybridized carbons (Fsp3) is 0.462. The van der Waals surface area contributed by atoms with E-state index >= 15 is 0 Å². The third kappa shape index (κ3) is 3.39. The molecular formula is C13H18O2. The van der Waals surface area contributed by atoms with Crippen LogP contribution in [0.5, 0.6) is 5.75 Å². The fourth-order valence-corrected chi connectivity index (χ4v) is 1.77. The van der Waals surface area contributed by atoms with Gasteiger partial charge in [-0.15, -0.1) is 0 Å². The highest BCUT2D eigenvalue weighted by atomic mass is 16.5. The summed E-state index contributed by atoms with van der Waals surface area (Å²) in [5.74, 6) is 1.35. The second kappa shape index (κ2) is 6.23. The van der Waals surface area contributed by atoms with Gasteiger partial charge in [-0.2, -0.15) is 0 Å². The summed E-state index contributed by atoms with van der Waals surface area (Å²) in [7, 11) is 1.67. The van der Waals surface area contributed by atoms with Gasteiger partial charge in [0, 0.05) is 6.42 Å². The second-order valence-corrected chi connectivity index (χ2v) is 3.63. The van der Waals surface area contributed by atoms with Crippen LogP contribution in [0, 0.1) is 0 Å². The molecule has 0 unspecified atom stereocenters. The third-order valence-electron chi connectivity index (χ3n) is 2.69. The molecule has 82 valence electrons. The zero-order valence-corrected chi connectivity index (χ0v) is 9.40. The van der Waals surface area contributed by atoms with Crippen molar-refractivity contribution in [2.75, 3.05) is 7.11 Å². The number of benzene rings is 1. The molecule has 15 heavy (non-hydrogen) atoms. The van der Waals surface area contributed by atoms with E-state index in [1.54, 1.807) is 7.11 Å². The summed E-state index contributed by atoms with van der Waals surface area (Å²) < 4.78 is 5.18. The Balaban J connectivity index is 2.76. The average Bonchev–Trinajstić information content (AvgIpc) is 2.30. The largest absolute Gasteiger partial charge is 0.497 e. The molecule has 1 aromatic rings. The van der Waals surface area contributed by atoms with Gasteiger partial charge in [-0.05, 0) is 36.5 Å². The second-order valence-electron chi connectivity index (χ2n) is 3.63. The summed E-state index contributed by atoms with van der Waals surface area (Å²) >= 11 is 0. The van der Waals surface area contributed by atoms with Gasteiger partial charge in [0.15, 0.2) is 0 Å². The Kier molecular flexibility index (Phi) is 4.88. The van der Waals surface area contributed by atoms with Crippen LogP contribution in [-0.4, -0.2) is 13.4 Å². The molecule has 0 amide bonds. The Hall–Kier alpha value is -1.31. The maximum atomic E-state index is 10.4. The third-order valence-corrected chi connectivity index (χ3v) is 2.69. The zero-order chi connectivity index (χ0) is 11.1. The minimum atomic E-state index is 0.463. The lowest BCUT2D eigenvalue weighted by Gasteiger charge is -2.14. The van der Waals surface area contributed by atoms with Crippen molar-refractivity contribution in [1.29, 1.82) is 0 Å². The van der Waals surface area contributed by atoms with E-state index in [0.29, 0.717) is 12.3 Å². The molecule has 0 aliphatic heterocycles. The van der Waals surface area contributed by atoms with Crippen LogP contribution in [0.25, 0.3) is 0 Å². The van der Waals surface area contributed by atoms with Crippen molar-refractivity contribution < 1.29 is 9.53 Å². The fourth-order valence-electron chi connectivity index (χ4n) is 1.77. The molecule has 2 heteroatoms. The van der Waals surface area contributed by atoms with E-state index in [2.05, 4.69) is 19.1 Å². The van der Waals surface area contributed by atoms with Gasteiger partial charge in [-0.3, -0.25) is 0 Å². The molecule has 1 aromatic carbocycles. The van der Waals surface area contributed by atoms with E-state index in [1.807, 2.05) is 12.1 Å². The Morgan fingerprint density at radius 3 is 2.87 bits per heavy atom. The normalized spacial score (nSPS) is 12.1. The number of rotatable bonds is 6. The molecule has 0 aliphatic carbocycles. The molecule has 0 saturated heterocycles. The molecule has 0 radical (unpaired) electrons. The number of methoxy groups -OCH3 is 1. The summed E-state index contributed by atoms with van der Waals surface area (Å²) in [4.78, 5) is 10.4. The highest BCUT2D eigenvalue weighted by Gasteiger charge is 2.09. The molecule has 0 aromatic heterocycles. The van der Waals surface area contributed by atoms with Gasteiger partial charge in [-0.25, -0.2) is 0 Å².